The molecule has 118 valence electrons. The van der Waals surface area contributed by atoms with Gasteiger partial charge in [-0.15, -0.1) is 0 Å². The van der Waals surface area contributed by atoms with E-state index in [0.29, 0.717) is 6.54 Å². The third-order valence-electron chi connectivity index (χ3n) is 3.66. The lowest BCUT2D eigenvalue weighted by atomic mass is 9.98. The molecule has 0 aromatic heterocycles. The molecule has 1 aliphatic rings. The monoisotopic (exact) mass is 294 g/mol. The largest absolute Gasteiger partial charge is 0.353 e. The molecule has 1 fully saturated rings. The van der Waals surface area contributed by atoms with E-state index in [1.807, 2.05) is 20.8 Å². The lowest BCUT2D eigenvalue weighted by Gasteiger charge is -2.26. The van der Waals surface area contributed by atoms with Crippen LogP contribution < -0.4 is 10.6 Å². The van der Waals surface area contributed by atoms with Gasteiger partial charge in [-0.1, -0.05) is 6.92 Å². The number of carbonyl (C=O) groups is 2. The zero-order chi connectivity index (χ0) is 16.0. The summed E-state index contributed by atoms with van der Waals surface area (Å²) in [6, 6.07) is 2.28. The van der Waals surface area contributed by atoms with Crippen molar-refractivity contribution in [2.75, 3.05) is 19.6 Å². The summed E-state index contributed by atoms with van der Waals surface area (Å²) in [5.41, 5.74) is -0.781. The maximum absolute atomic E-state index is 12.1. The molecule has 1 unspecified atom stereocenters. The predicted molar refractivity (Wildman–Crippen MR) is 80.3 cm³/mol. The van der Waals surface area contributed by atoms with Gasteiger partial charge in [-0.2, -0.15) is 5.26 Å². The van der Waals surface area contributed by atoms with Crippen LogP contribution >= 0.6 is 0 Å². The molecule has 2 amide bonds. The zero-order valence-electron chi connectivity index (χ0n) is 13.4. The van der Waals surface area contributed by atoms with E-state index >= 15 is 0 Å². The number of amides is 2. The summed E-state index contributed by atoms with van der Waals surface area (Å²) in [7, 11) is 0. The maximum Gasteiger partial charge on any atom is 0.235 e. The average molecular weight is 294 g/mol. The van der Waals surface area contributed by atoms with Crippen molar-refractivity contribution >= 4 is 11.8 Å². The van der Waals surface area contributed by atoms with E-state index in [-0.39, 0.29) is 36.9 Å². The third-order valence-corrected chi connectivity index (χ3v) is 3.66. The van der Waals surface area contributed by atoms with E-state index < -0.39 is 5.54 Å². The lowest BCUT2D eigenvalue weighted by Crippen LogP contribution is -2.51. The van der Waals surface area contributed by atoms with E-state index in [0.717, 1.165) is 12.8 Å². The Morgan fingerprint density at radius 2 is 1.90 bits per heavy atom. The number of rotatable bonds is 8. The van der Waals surface area contributed by atoms with Gasteiger partial charge in [-0.25, -0.2) is 0 Å². The van der Waals surface area contributed by atoms with E-state index in [4.69, 9.17) is 0 Å². The molecule has 0 saturated heterocycles. The van der Waals surface area contributed by atoms with Gasteiger partial charge in [0.2, 0.25) is 11.8 Å². The Morgan fingerprint density at radius 3 is 2.33 bits per heavy atom. The Hall–Kier alpha value is -1.61. The second-order valence-electron chi connectivity index (χ2n) is 6.16. The van der Waals surface area contributed by atoms with Crippen molar-refractivity contribution in [3.05, 3.63) is 0 Å². The SMILES string of the molecule is CCN(CC(=O)NC(C)C)CC(=O)NC(C)(C#N)C1CC1. The minimum atomic E-state index is -0.781. The molecule has 0 radical (unpaired) electrons. The number of nitrogens with zero attached hydrogens (tertiary/aromatic N) is 2. The average Bonchev–Trinajstić information content (AvgIpc) is 3.21. The summed E-state index contributed by atoms with van der Waals surface area (Å²) in [4.78, 5) is 25.6. The van der Waals surface area contributed by atoms with Crippen LogP contribution in [-0.2, 0) is 9.59 Å². The van der Waals surface area contributed by atoms with Gasteiger partial charge in [0.25, 0.3) is 0 Å². The highest BCUT2D eigenvalue weighted by atomic mass is 16.2. The molecular formula is C15H26N4O2. The molecule has 0 heterocycles. The minimum absolute atomic E-state index is 0.0850. The summed E-state index contributed by atoms with van der Waals surface area (Å²) >= 11 is 0. The summed E-state index contributed by atoms with van der Waals surface area (Å²) in [5.74, 6) is -0.0409. The Labute approximate surface area is 126 Å². The van der Waals surface area contributed by atoms with Crippen molar-refractivity contribution in [1.29, 1.82) is 5.26 Å². The number of hydrogen-bond donors (Lipinski definition) is 2. The van der Waals surface area contributed by atoms with Crippen LogP contribution in [-0.4, -0.2) is 47.9 Å². The van der Waals surface area contributed by atoms with Crippen LogP contribution in [0.2, 0.25) is 0 Å². The highest BCUT2D eigenvalue weighted by Crippen LogP contribution is 2.39. The van der Waals surface area contributed by atoms with Gasteiger partial charge in [0.1, 0.15) is 5.54 Å². The number of hydrogen-bond acceptors (Lipinski definition) is 4. The fraction of sp³-hybridized carbons (Fsp3) is 0.800. The molecule has 0 aliphatic heterocycles. The summed E-state index contributed by atoms with van der Waals surface area (Å²) in [6.45, 7) is 8.39. The van der Waals surface area contributed by atoms with Gasteiger partial charge in [0.05, 0.1) is 19.2 Å². The molecule has 0 aromatic rings. The molecule has 1 aliphatic carbocycles. The molecular weight excluding hydrogens is 268 g/mol. The first-order chi connectivity index (χ1) is 9.80. The van der Waals surface area contributed by atoms with E-state index in [1.54, 1.807) is 11.8 Å². The molecule has 2 N–H and O–H groups in total. The van der Waals surface area contributed by atoms with Gasteiger partial charge in [0, 0.05) is 6.04 Å². The van der Waals surface area contributed by atoms with Crippen LogP contribution in [0.15, 0.2) is 0 Å². The van der Waals surface area contributed by atoms with Crippen LogP contribution in [0.4, 0.5) is 0 Å². The van der Waals surface area contributed by atoms with Crippen LogP contribution in [0.3, 0.4) is 0 Å². The summed E-state index contributed by atoms with van der Waals surface area (Å²) < 4.78 is 0. The van der Waals surface area contributed by atoms with Crippen LogP contribution in [0.5, 0.6) is 0 Å². The number of nitriles is 1. The van der Waals surface area contributed by atoms with Gasteiger partial charge < -0.3 is 10.6 Å². The Bertz CT molecular complexity index is 426. The fourth-order valence-electron chi connectivity index (χ4n) is 2.26. The van der Waals surface area contributed by atoms with Gasteiger partial charge >= 0.3 is 0 Å². The van der Waals surface area contributed by atoms with Crippen molar-refractivity contribution in [2.24, 2.45) is 5.92 Å². The Balaban J connectivity index is 2.47. The fourth-order valence-corrected chi connectivity index (χ4v) is 2.26. The van der Waals surface area contributed by atoms with Crippen molar-refractivity contribution in [3.8, 4) is 6.07 Å². The van der Waals surface area contributed by atoms with Crippen LogP contribution in [0, 0.1) is 17.2 Å². The highest BCUT2D eigenvalue weighted by Gasteiger charge is 2.43. The van der Waals surface area contributed by atoms with E-state index in [1.165, 1.54) is 0 Å². The minimum Gasteiger partial charge on any atom is -0.353 e. The quantitative estimate of drug-likeness (QED) is 0.688. The summed E-state index contributed by atoms with van der Waals surface area (Å²) in [5, 5.41) is 14.9. The normalized spacial score (nSPS) is 17.2. The van der Waals surface area contributed by atoms with Crippen LogP contribution in [0.1, 0.15) is 40.5 Å². The number of carbonyl (C=O) groups excluding carboxylic acids is 2. The van der Waals surface area contributed by atoms with E-state index in [9.17, 15) is 14.9 Å². The maximum atomic E-state index is 12.1. The van der Waals surface area contributed by atoms with Gasteiger partial charge in [-0.05, 0) is 46.1 Å². The molecule has 6 nitrogen and oxygen atoms in total. The zero-order valence-corrected chi connectivity index (χ0v) is 13.4. The molecule has 1 atom stereocenters. The highest BCUT2D eigenvalue weighted by molar-refractivity contribution is 5.82. The van der Waals surface area contributed by atoms with Crippen molar-refractivity contribution in [1.82, 2.24) is 15.5 Å². The topological polar surface area (TPSA) is 85.2 Å². The van der Waals surface area contributed by atoms with Crippen LogP contribution in [0.25, 0.3) is 0 Å². The lowest BCUT2D eigenvalue weighted by molar-refractivity contribution is -0.126. The van der Waals surface area contributed by atoms with Crippen molar-refractivity contribution < 1.29 is 9.59 Å². The molecule has 1 rings (SSSR count). The Kier molecular flexibility index (Phi) is 6.16. The molecule has 6 heteroatoms. The van der Waals surface area contributed by atoms with Crippen molar-refractivity contribution in [3.63, 3.8) is 0 Å². The predicted octanol–water partition coefficient (Wildman–Crippen LogP) is 0.641. The first-order valence-electron chi connectivity index (χ1n) is 7.54. The van der Waals surface area contributed by atoms with E-state index in [2.05, 4.69) is 16.7 Å². The molecule has 1 saturated carbocycles. The second kappa shape index (κ2) is 7.41. The van der Waals surface area contributed by atoms with Gasteiger partial charge in [-0.3, -0.25) is 14.5 Å². The number of nitrogens with one attached hydrogen (secondary N) is 2. The molecule has 0 spiro atoms. The number of likely N-dealkylation sites (N-methyl/N-ethyl adjacent to an activating group) is 1. The van der Waals surface area contributed by atoms with Gasteiger partial charge in [0.15, 0.2) is 0 Å². The molecule has 0 aromatic carbocycles. The Morgan fingerprint density at radius 1 is 1.33 bits per heavy atom. The third kappa shape index (κ3) is 5.72. The summed E-state index contributed by atoms with van der Waals surface area (Å²) in [6.07, 6.45) is 1.97. The molecule has 0 bridgehead atoms. The second-order valence-corrected chi connectivity index (χ2v) is 6.16. The smallest absolute Gasteiger partial charge is 0.235 e. The molecule has 21 heavy (non-hydrogen) atoms. The van der Waals surface area contributed by atoms with Crippen molar-refractivity contribution in [2.45, 2.75) is 52.1 Å². The standard InChI is InChI=1S/C15H26N4O2/c1-5-19(8-13(20)17-11(2)3)9-14(21)18-15(4,10-16)12-6-7-12/h11-12H,5-9H2,1-4H3,(H,17,20)(H,18,21). The first kappa shape index (κ1) is 17.4. The first-order valence-corrected chi connectivity index (χ1v) is 7.54.